The number of likely N-dealkylation sites (N-methyl/N-ethyl adjacent to an activating group) is 1. The molecule has 0 aliphatic carbocycles. The number of piperazine rings is 1. The first-order valence-corrected chi connectivity index (χ1v) is 12.5. The number of nitrogens with one attached hydrogen (secondary N) is 1. The smallest absolute Gasteiger partial charge is 0.169 e. The second-order valence-electron chi connectivity index (χ2n) is 10.6. The fraction of sp³-hybridized carbons (Fsp3) is 0.357. The molecule has 0 amide bonds. The van der Waals surface area contributed by atoms with Gasteiger partial charge in [0.1, 0.15) is 11.6 Å². The van der Waals surface area contributed by atoms with Crippen LogP contribution in [-0.4, -0.2) is 74.6 Å². The number of carbonyl (C=O) groups excluding carboxylic acids is 1. The van der Waals surface area contributed by atoms with E-state index in [1.807, 2.05) is 30.3 Å². The van der Waals surface area contributed by atoms with Crippen molar-refractivity contribution in [1.29, 1.82) is 0 Å². The Morgan fingerprint density at radius 2 is 1.81 bits per heavy atom. The molecular formula is C28H32N8O. The maximum Gasteiger partial charge on any atom is 0.169 e. The zero-order valence-corrected chi connectivity index (χ0v) is 21.8. The molecule has 4 aromatic rings. The van der Waals surface area contributed by atoms with Gasteiger partial charge in [-0.1, -0.05) is 6.07 Å². The third-order valence-corrected chi connectivity index (χ3v) is 6.31. The number of rotatable bonds is 6. The van der Waals surface area contributed by atoms with Gasteiger partial charge in [-0.3, -0.25) is 9.78 Å². The molecule has 0 unspecified atom stereocenters. The van der Waals surface area contributed by atoms with Crippen LogP contribution in [0.4, 0.5) is 11.6 Å². The molecule has 1 saturated heterocycles. The number of hydrogen-bond acceptors (Lipinski definition) is 9. The summed E-state index contributed by atoms with van der Waals surface area (Å²) in [6.45, 7) is 10.0. The van der Waals surface area contributed by atoms with Crippen LogP contribution < -0.4 is 10.2 Å². The van der Waals surface area contributed by atoms with Crippen molar-refractivity contribution in [2.45, 2.75) is 32.7 Å². The van der Waals surface area contributed by atoms with Gasteiger partial charge in [-0.05, 0) is 58.2 Å². The van der Waals surface area contributed by atoms with Crippen LogP contribution in [0.3, 0.4) is 0 Å². The highest BCUT2D eigenvalue weighted by Crippen LogP contribution is 2.24. The fourth-order valence-corrected chi connectivity index (χ4v) is 4.35. The first-order chi connectivity index (χ1) is 17.7. The van der Waals surface area contributed by atoms with Crippen molar-refractivity contribution in [1.82, 2.24) is 30.0 Å². The van der Waals surface area contributed by atoms with E-state index in [1.165, 1.54) is 0 Å². The van der Waals surface area contributed by atoms with Gasteiger partial charge in [-0.25, -0.2) is 9.97 Å². The van der Waals surface area contributed by atoms with E-state index in [2.05, 4.69) is 63.1 Å². The standard InChI is InChI=1S/C28H32N8O/c1-28(2,3)32-26-18-29-17-24(31-26)19-5-6-23-21(13-19)14-22(33-34-23)16-25(37)20-7-8-30-27(15-20)36-11-9-35(4)10-12-36/h5-8,13-15,17-18H,9-12,16H2,1-4H3,(H,31,32). The quantitative estimate of drug-likeness (QED) is 0.399. The van der Waals surface area contributed by atoms with Crippen molar-refractivity contribution in [3.8, 4) is 11.3 Å². The second-order valence-corrected chi connectivity index (χ2v) is 10.6. The summed E-state index contributed by atoms with van der Waals surface area (Å²) in [5, 5.41) is 12.9. The molecule has 4 heterocycles. The van der Waals surface area contributed by atoms with Gasteiger partial charge in [-0.2, -0.15) is 10.2 Å². The molecule has 190 valence electrons. The van der Waals surface area contributed by atoms with Gasteiger partial charge >= 0.3 is 0 Å². The van der Waals surface area contributed by atoms with Gasteiger partial charge in [0.05, 0.1) is 35.7 Å². The minimum atomic E-state index is -0.117. The van der Waals surface area contributed by atoms with Crippen LogP contribution in [-0.2, 0) is 6.42 Å². The molecule has 0 spiro atoms. The summed E-state index contributed by atoms with van der Waals surface area (Å²) >= 11 is 0. The van der Waals surface area contributed by atoms with Crippen molar-refractivity contribution in [2.75, 3.05) is 43.4 Å². The molecule has 0 bridgehead atoms. The largest absolute Gasteiger partial charge is 0.364 e. The van der Waals surface area contributed by atoms with Crippen LogP contribution in [0, 0.1) is 0 Å². The fourth-order valence-electron chi connectivity index (χ4n) is 4.35. The number of anilines is 2. The Hall–Kier alpha value is -3.98. The molecular weight excluding hydrogens is 464 g/mol. The van der Waals surface area contributed by atoms with E-state index in [-0.39, 0.29) is 17.7 Å². The molecule has 1 N–H and O–H groups in total. The predicted octanol–water partition coefficient (Wildman–Crippen LogP) is 3.87. The molecule has 9 heteroatoms. The topological polar surface area (TPSA) is 100 Å². The minimum Gasteiger partial charge on any atom is -0.364 e. The Balaban J connectivity index is 1.35. The van der Waals surface area contributed by atoms with Gasteiger partial charge < -0.3 is 15.1 Å². The maximum atomic E-state index is 13.1. The van der Waals surface area contributed by atoms with Gasteiger partial charge in [0.15, 0.2) is 5.78 Å². The molecule has 0 atom stereocenters. The van der Waals surface area contributed by atoms with Crippen molar-refractivity contribution >= 4 is 28.3 Å². The lowest BCUT2D eigenvalue weighted by molar-refractivity contribution is 0.0991. The Labute approximate surface area is 217 Å². The first kappa shape index (κ1) is 24.7. The highest BCUT2D eigenvalue weighted by molar-refractivity contribution is 5.98. The summed E-state index contributed by atoms with van der Waals surface area (Å²) in [7, 11) is 2.12. The molecule has 0 saturated carbocycles. The number of nitrogens with zero attached hydrogens (tertiary/aromatic N) is 7. The Bertz CT molecular complexity index is 1420. The molecule has 0 radical (unpaired) electrons. The Morgan fingerprint density at radius 1 is 1.00 bits per heavy atom. The number of pyridine rings is 1. The third-order valence-electron chi connectivity index (χ3n) is 6.31. The van der Waals surface area contributed by atoms with Crippen molar-refractivity contribution in [3.63, 3.8) is 0 Å². The number of fused-ring (bicyclic) bond motifs is 1. The number of Topliss-reactive ketones (excluding diaryl/α,β-unsaturated/α-hetero) is 1. The third kappa shape index (κ3) is 6.06. The van der Waals surface area contributed by atoms with E-state index >= 15 is 0 Å². The van der Waals surface area contributed by atoms with Gasteiger partial charge in [-0.15, -0.1) is 0 Å². The maximum absolute atomic E-state index is 13.1. The molecule has 37 heavy (non-hydrogen) atoms. The van der Waals surface area contributed by atoms with Crippen molar-refractivity contribution in [2.24, 2.45) is 0 Å². The first-order valence-electron chi connectivity index (χ1n) is 12.5. The van der Waals surface area contributed by atoms with E-state index in [4.69, 9.17) is 4.98 Å². The monoisotopic (exact) mass is 496 g/mol. The van der Waals surface area contributed by atoms with E-state index in [1.54, 1.807) is 24.7 Å². The van der Waals surface area contributed by atoms with Crippen LogP contribution in [0.15, 0.2) is 55.0 Å². The zero-order valence-electron chi connectivity index (χ0n) is 21.8. The van der Waals surface area contributed by atoms with Gasteiger partial charge in [0, 0.05) is 54.4 Å². The highest BCUT2D eigenvalue weighted by Gasteiger charge is 2.18. The Morgan fingerprint density at radius 3 is 2.59 bits per heavy atom. The van der Waals surface area contributed by atoms with E-state index in [0.29, 0.717) is 11.3 Å². The highest BCUT2D eigenvalue weighted by atomic mass is 16.1. The summed E-state index contributed by atoms with van der Waals surface area (Å²) in [6, 6.07) is 11.5. The number of ketones is 1. The van der Waals surface area contributed by atoms with Crippen LogP contribution in [0.2, 0.25) is 0 Å². The Kier molecular flexibility index (Phi) is 6.80. The number of aromatic nitrogens is 5. The summed E-state index contributed by atoms with van der Waals surface area (Å²) in [5.41, 5.74) is 3.60. The summed E-state index contributed by atoms with van der Waals surface area (Å²) in [5.74, 6) is 1.56. The zero-order chi connectivity index (χ0) is 26.0. The summed E-state index contributed by atoms with van der Waals surface area (Å²) in [6.07, 6.45) is 5.35. The van der Waals surface area contributed by atoms with Crippen LogP contribution >= 0.6 is 0 Å². The van der Waals surface area contributed by atoms with Crippen LogP contribution in [0.5, 0.6) is 0 Å². The van der Waals surface area contributed by atoms with Crippen LogP contribution in [0.1, 0.15) is 36.8 Å². The molecule has 9 nitrogen and oxygen atoms in total. The van der Waals surface area contributed by atoms with Crippen molar-refractivity contribution in [3.05, 3.63) is 66.2 Å². The lowest BCUT2D eigenvalue weighted by Gasteiger charge is -2.33. The minimum absolute atomic E-state index is 0.00518. The van der Waals surface area contributed by atoms with Gasteiger partial charge in [0.25, 0.3) is 0 Å². The molecule has 5 rings (SSSR count). The van der Waals surface area contributed by atoms with Crippen LogP contribution in [0.25, 0.3) is 22.2 Å². The molecule has 1 aliphatic heterocycles. The van der Waals surface area contributed by atoms with E-state index in [0.717, 1.165) is 60.0 Å². The SMILES string of the molecule is CN1CCN(c2cc(C(=O)Cc3cc4cc(-c5cncc(NC(C)(C)C)n5)ccc4nn3)ccn2)CC1. The number of hydrogen-bond donors (Lipinski definition) is 1. The lowest BCUT2D eigenvalue weighted by atomic mass is 10.0. The molecule has 3 aromatic heterocycles. The average molecular weight is 497 g/mol. The molecule has 1 aliphatic rings. The number of benzene rings is 1. The van der Waals surface area contributed by atoms with E-state index < -0.39 is 0 Å². The predicted molar refractivity (Wildman–Crippen MR) is 146 cm³/mol. The molecule has 1 fully saturated rings. The van der Waals surface area contributed by atoms with Crippen molar-refractivity contribution < 1.29 is 4.79 Å². The molecule has 1 aromatic carbocycles. The van der Waals surface area contributed by atoms with Gasteiger partial charge in [0.2, 0.25) is 0 Å². The normalized spacial score (nSPS) is 14.6. The average Bonchev–Trinajstić information content (AvgIpc) is 2.88. The second kappa shape index (κ2) is 10.2. The van der Waals surface area contributed by atoms with E-state index in [9.17, 15) is 4.79 Å². The number of carbonyl (C=O) groups is 1. The lowest BCUT2D eigenvalue weighted by Crippen LogP contribution is -2.44. The summed E-state index contributed by atoms with van der Waals surface area (Å²) in [4.78, 5) is 31.2. The summed E-state index contributed by atoms with van der Waals surface area (Å²) < 4.78 is 0.